The Balaban J connectivity index is 2.14. The van der Waals surface area contributed by atoms with E-state index in [2.05, 4.69) is 44.8 Å². The van der Waals surface area contributed by atoms with Crippen LogP contribution in [0.15, 0.2) is 53.0 Å². The molecule has 1 aromatic heterocycles. The molecule has 0 spiro atoms. The van der Waals surface area contributed by atoms with Crippen LogP contribution in [0.1, 0.15) is 28.9 Å². The molecule has 0 amide bonds. The summed E-state index contributed by atoms with van der Waals surface area (Å²) in [6.07, 6.45) is 2.58. The Morgan fingerprint density at radius 2 is 1.81 bits per heavy atom. The summed E-state index contributed by atoms with van der Waals surface area (Å²) in [7, 11) is 0. The molecule has 2 nitrogen and oxygen atoms in total. The number of fused-ring (bicyclic) bond motifs is 3. The third-order valence-corrected chi connectivity index (χ3v) is 4.64. The maximum atomic E-state index is 12.5. The van der Waals surface area contributed by atoms with Crippen LogP contribution in [-0.4, -0.2) is 10.4 Å². The minimum Gasteiger partial charge on any atom is -0.306 e. The zero-order valence-corrected chi connectivity index (χ0v) is 13.1. The number of hydrogen-bond donors (Lipinski definition) is 0. The minimum atomic E-state index is 0.257. The van der Waals surface area contributed by atoms with Gasteiger partial charge < -0.3 is 4.57 Å². The molecule has 3 heteroatoms. The Morgan fingerprint density at radius 3 is 2.62 bits per heavy atom. The molecule has 2 aromatic carbocycles. The highest BCUT2D eigenvalue weighted by atomic mass is 79.9. The molecule has 0 fully saturated rings. The minimum absolute atomic E-state index is 0.257. The lowest BCUT2D eigenvalue weighted by Crippen LogP contribution is -2.14. The number of hydrogen-bond acceptors (Lipinski definition) is 1. The number of aryl methyl sites for hydroxylation is 1. The molecule has 21 heavy (non-hydrogen) atoms. The molecular weight excluding hydrogens is 326 g/mol. The first kappa shape index (κ1) is 12.8. The number of benzene rings is 2. The normalized spacial score (nSPS) is 14.4. The first-order valence-corrected chi connectivity index (χ1v) is 7.96. The van der Waals surface area contributed by atoms with E-state index >= 15 is 0 Å². The molecule has 0 N–H and O–H groups in total. The van der Waals surface area contributed by atoms with E-state index in [-0.39, 0.29) is 5.78 Å². The summed E-state index contributed by atoms with van der Waals surface area (Å²) in [4.78, 5) is 12.5. The van der Waals surface area contributed by atoms with Crippen LogP contribution in [0.5, 0.6) is 0 Å². The van der Waals surface area contributed by atoms with Crippen molar-refractivity contribution >= 4 is 32.6 Å². The van der Waals surface area contributed by atoms with Crippen molar-refractivity contribution in [3.05, 3.63) is 64.3 Å². The van der Waals surface area contributed by atoms with Gasteiger partial charge in [-0.15, -0.1) is 0 Å². The highest BCUT2D eigenvalue weighted by molar-refractivity contribution is 9.10. The molecule has 0 bridgehead atoms. The number of nitrogens with zero attached hydrogens (tertiary/aromatic N) is 1. The molecule has 0 saturated carbocycles. The van der Waals surface area contributed by atoms with Gasteiger partial charge in [-0.05, 0) is 48.7 Å². The largest absolute Gasteiger partial charge is 0.306 e. The van der Waals surface area contributed by atoms with Gasteiger partial charge in [0.2, 0.25) is 0 Å². The third kappa shape index (κ3) is 1.95. The summed E-state index contributed by atoms with van der Waals surface area (Å²) >= 11 is 3.55. The third-order valence-electron chi connectivity index (χ3n) is 4.14. The summed E-state index contributed by atoms with van der Waals surface area (Å²) in [5.41, 5.74) is 4.25. The number of halogens is 1. The molecular formula is C18H14BrNO. The summed E-state index contributed by atoms with van der Waals surface area (Å²) in [6.45, 7) is 0. The van der Waals surface area contributed by atoms with Crippen molar-refractivity contribution in [2.24, 2.45) is 0 Å². The predicted octanol–water partition coefficient (Wildman–Crippen LogP) is 4.91. The first-order valence-electron chi connectivity index (χ1n) is 7.17. The van der Waals surface area contributed by atoms with Gasteiger partial charge >= 0.3 is 0 Å². The second kappa shape index (κ2) is 4.85. The van der Waals surface area contributed by atoms with Crippen LogP contribution in [0.25, 0.3) is 16.6 Å². The van der Waals surface area contributed by atoms with Gasteiger partial charge in [-0.1, -0.05) is 34.1 Å². The zero-order chi connectivity index (χ0) is 14.4. The van der Waals surface area contributed by atoms with Crippen LogP contribution in [0.4, 0.5) is 0 Å². The lowest BCUT2D eigenvalue weighted by atomic mass is 9.94. The average Bonchev–Trinajstić information content (AvgIpc) is 2.83. The smallest absolute Gasteiger partial charge is 0.179 e. The van der Waals surface area contributed by atoms with Crippen LogP contribution in [-0.2, 0) is 6.42 Å². The highest BCUT2D eigenvalue weighted by Gasteiger charge is 2.26. The van der Waals surface area contributed by atoms with Crippen LogP contribution >= 0.6 is 15.9 Å². The van der Waals surface area contributed by atoms with Gasteiger partial charge in [-0.25, -0.2) is 0 Å². The maximum absolute atomic E-state index is 12.5. The standard InChI is InChI=1S/C18H14BrNO/c19-12-9-10-16-15(11-12)14-7-4-8-17(21)18(14)20(16)13-5-2-1-3-6-13/h1-3,5-6,9-11H,4,7-8H2. The Bertz CT molecular complexity index is 849. The van der Waals surface area contributed by atoms with Crippen LogP contribution in [0.3, 0.4) is 0 Å². The van der Waals surface area contributed by atoms with E-state index in [1.807, 2.05) is 24.3 Å². The Hall–Kier alpha value is -1.87. The van der Waals surface area contributed by atoms with Crippen molar-refractivity contribution in [3.63, 3.8) is 0 Å². The monoisotopic (exact) mass is 339 g/mol. The summed E-state index contributed by atoms with van der Waals surface area (Å²) in [5.74, 6) is 0.257. The van der Waals surface area contributed by atoms with Gasteiger partial charge in [0.15, 0.2) is 5.78 Å². The van der Waals surface area contributed by atoms with Crippen molar-refractivity contribution < 1.29 is 4.79 Å². The highest BCUT2D eigenvalue weighted by Crippen LogP contribution is 2.35. The van der Waals surface area contributed by atoms with Gasteiger partial charge in [-0.3, -0.25) is 4.79 Å². The molecule has 1 aliphatic rings. The van der Waals surface area contributed by atoms with E-state index in [4.69, 9.17) is 0 Å². The summed E-state index contributed by atoms with van der Waals surface area (Å²) < 4.78 is 3.18. The van der Waals surface area contributed by atoms with Crippen molar-refractivity contribution in [2.75, 3.05) is 0 Å². The molecule has 0 aliphatic heterocycles. The quantitative estimate of drug-likeness (QED) is 0.617. The van der Waals surface area contributed by atoms with Crippen molar-refractivity contribution in [1.29, 1.82) is 0 Å². The lowest BCUT2D eigenvalue weighted by molar-refractivity contribution is 0.0966. The lowest BCUT2D eigenvalue weighted by Gasteiger charge is -2.14. The van der Waals surface area contributed by atoms with Gasteiger partial charge in [0.25, 0.3) is 0 Å². The maximum Gasteiger partial charge on any atom is 0.179 e. The van der Waals surface area contributed by atoms with Gasteiger partial charge in [0.05, 0.1) is 11.2 Å². The fraction of sp³-hybridized carbons (Fsp3) is 0.167. The van der Waals surface area contributed by atoms with E-state index in [1.54, 1.807) is 0 Å². The average molecular weight is 340 g/mol. The number of para-hydroxylation sites is 1. The van der Waals surface area contributed by atoms with Crippen molar-refractivity contribution in [1.82, 2.24) is 4.57 Å². The number of ketones is 1. The van der Waals surface area contributed by atoms with Gasteiger partial charge in [-0.2, -0.15) is 0 Å². The van der Waals surface area contributed by atoms with Crippen LogP contribution < -0.4 is 0 Å². The molecule has 0 atom stereocenters. The second-order valence-electron chi connectivity index (χ2n) is 5.44. The number of aromatic nitrogens is 1. The first-order chi connectivity index (χ1) is 10.3. The molecule has 3 aromatic rings. The van der Waals surface area contributed by atoms with Crippen molar-refractivity contribution in [2.45, 2.75) is 19.3 Å². The SMILES string of the molecule is O=C1CCCc2c1n(-c1ccccc1)c1ccc(Br)cc21. The fourth-order valence-corrected chi connectivity index (χ4v) is 3.62. The number of rotatable bonds is 1. The van der Waals surface area contributed by atoms with E-state index in [0.717, 1.165) is 34.2 Å². The molecule has 1 heterocycles. The summed E-state index contributed by atoms with van der Waals surface area (Å²) in [5, 5.41) is 1.19. The fourth-order valence-electron chi connectivity index (χ4n) is 3.26. The van der Waals surface area contributed by atoms with Crippen molar-refractivity contribution in [3.8, 4) is 5.69 Å². The van der Waals surface area contributed by atoms with E-state index in [1.165, 1.54) is 10.9 Å². The number of Topliss-reactive ketones (excluding diaryl/α,β-unsaturated/α-hetero) is 1. The topological polar surface area (TPSA) is 22.0 Å². The second-order valence-corrected chi connectivity index (χ2v) is 6.35. The number of carbonyl (C=O) groups excluding carboxylic acids is 1. The zero-order valence-electron chi connectivity index (χ0n) is 11.5. The molecule has 0 unspecified atom stereocenters. The molecule has 104 valence electrons. The van der Waals surface area contributed by atoms with Gasteiger partial charge in [0.1, 0.15) is 0 Å². The molecule has 1 aliphatic carbocycles. The van der Waals surface area contributed by atoms with E-state index in [9.17, 15) is 4.79 Å². The molecule has 4 rings (SSSR count). The predicted molar refractivity (Wildman–Crippen MR) is 88.2 cm³/mol. The Morgan fingerprint density at radius 1 is 1.00 bits per heavy atom. The Labute approximate surface area is 131 Å². The van der Waals surface area contributed by atoms with Crippen LogP contribution in [0, 0.1) is 0 Å². The Kier molecular flexibility index (Phi) is 2.96. The molecule has 0 radical (unpaired) electrons. The van der Waals surface area contributed by atoms with Crippen LogP contribution in [0.2, 0.25) is 0 Å². The molecule has 0 saturated heterocycles. The van der Waals surface area contributed by atoms with E-state index in [0.29, 0.717) is 6.42 Å². The summed E-state index contributed by atoms with van der Waals surface area (Å²) in [6, 6.07) is 16.4. The van der Waals surface area contributed by atoms with E-state index < -0.39 is 0 Å². The number of carbonyl (C=O) groups is 1. The van der Waals surface area contributed by atoms with Gasteiger partial charge in [0, 0.05) is 22.0 Å².